The number of nitrogens with one attached hydrogen (secondary N) is 2. The fourth-order valence-corrected chi connectivity index (χ4v) is 1.93. The minimum atomic E-state index is -0.152. The van der Waals surface area contributed by atoms with E-state index in [2.05, 4.69) is 27.4 Å². The van der Waals surface area contributed by atoms with Gasteiger partial charge in [0.1, 0.15) is 0 Å². The van der Waals surface area contributed by atoms with E-state index in [1.54, 1.807) is 6.20 Å². The van der Waals surface area contributed by atoms with Crippen molar-refractivity contribution in [2.75, 3.05) is 6.54 Å². The van der Waals surface area contributed by atoms with Gasteiger partial charge in [0, 0.05) is 23.4 Å². The number of nitrogens with zero attached hydrogens (tertiary/aromatic N) is 1. The van der Waals surface area contributed by atoms with E-state index >= 15 is 0 Å². The molecule has 0 aliphatic heterocycles. The first-order valence-electron chi connectivity index (χ1n) is 6.68. The van der Waals surface area contributed by atoms with Crippen LogP contribution >= 0.6 is 0 Å². The molecule has 4 N–H and O–H groups in total. The molecule has 0 aliphatic rings. The molecule has 108 valence electrons. The minimum absolute atomic E-state index is 0.152. The van der Waals surface area contributed by atoms with Gasteiger partial charge in [-0.1, -0.05) is 23.5 Å². The van der Waals surface area contributed by atoms with Gasteiger partial charge in [-0.15, -0.1) is 0 Å². The Morgan fingerprint density at radius 3 is 2.90 bits per heavy atom. The van der Waals surface area contributed by atoms with Crippen LogP contribution < -0.4 is 11.1 Å². The summed E-state index contributed by atoms with van der Waals surface area (Å²) in [6, 6.07) is 5.60. The summed E-state index contributed by atoms with van der Waals surface area (Å²) < 4.78 is 0. The van der Waals surface area contributed by atoms with E-state index < -0.39 is 0 Å². The van der Waals surface area contributed by atoms with Crippen molar-refractivity contribution >= 4 is 5.91 Å². The van der Waals surface area contributed by atoms with E-state index in [-0.39, 0.29) is 12.5 Å². The van der Waals surface area contributed by atoms with Crippen molar-refractivity contribution in [1.82, 2.24) is 15.5 Å². The molecule has 2 rings (SSSR count). The van der Waals surface area contributed by atoms with Crippen LogP contribution in [0.15, 0.2) is 24.4 Å². The Hall–Kier alpha value is -2.58. The van der Waals surface area contributed by atoms with Crippen LogP contribution in [0.2, 0.25) is 0 Å². The van der Waals surface area contributed by atoms with Gasteiger partial charge in [-0.3, -0.25) is 9.89 Å². The normalized spacial score (nSPS) is 9.86. The molecule has 0 unspecified atom stereocenters. The molecular weight excluding hydrogens is 264 g/mol. The summed E-state index contributed by atoms with van der Waals surface area (Å²) in [5.41, 5.74) is 9.56. The SMILES string of the molecule is Cc1ccc(C#CCN)c(C(=O)NCc2cn[nH]c2C)c1. The van der Waals surface area contributed by atoms with Gasteiger partial charge in [0.15, 0.2) is 0 Å². The molecule has 0 aliphatic carbocycles. The van der Waals surface area contributed by atoms with Crippen molar-refractivity contribution in [3.05, 3.63) is 52.3 Å². The van der Waals surface area contributed by atoms with Crippen LogP contribution in [-0.2, 0) is 6.54 Å². The zero-order valence-corrected chi connectivity index (χ0v) is 12.2. The summed E-state index contributed by atoms with van der Waals surface area (Å²) in [6.07, 6.45) is 1.71. The maximum Gasteiger partial charge on any atom is 0.252 e. The molecule has 0 radical (unpaired) electrons. The van der Waals surface area contributed by atoms with Crippen molar-refractivity contribution in [3.63, 3.8) is 0 Å². The average molecular weight is 282 g/mol. The Balaban J connectivity index is 2.18. The zero-order chi connectivity index (χ0) is 15.2. The third kappa shape index (κ3) is 3.71. The lowest BCUT2D eigenvalue weighted by atomic mass is 10.0. The van der Waals surface area contributed by atoms with Crippen LogP contribution in [0.4, 0.5) is 0 Å². The first kappa shape index (κ1) is 14.8. The second kappa shape index (κ2) is 6.73. The average Bonchev–Trinajstić information content (AvgIpc) is 2.88. The standard InChI is InChI=1S/C16H18N4O/c1-11-5-6-13(4-3-7-17)15(8-11)16(21)18-9-14-10-19-20-12(14)2/h5-6,8,10H,7,9,17H2,1-2H3,(H,18,21)(H,19,20). The molecule has 5 heteroatoms. The molecule has 0 fully saturated rings. The second-order valence-corrected chi connectivity index (χ2v) is 4.76. The van der Waals surface area contributed by atoms with E-state index in [9.17, 15) is 4.79 Å². The van der Waals surface area contributed by atoms with Gasteiger partial charge in [0.05, 0.1) is 18.3 Å². The summed E-state index contributed by atoms with van der Waals surface area (Å²) in [5.74, 6) is 5.56. The van der Waals surface area contributed by atoms with E-state index in [1.165, 1.54) is 0 Å². The van der Waals surface area contributed by atoms with Crippen LogP contribution in [0.3, 0.4) is 0 Å². The number of aryl methyl sites for hydroxylation is 2. The summed E-state index contributed by atoms with van der Waals surface area (Å²) in [7, 11) is 0. The topological polar surface area (TPSA) is 83.8 Å². The van der Waals surface area contributed by atoms with E-state index in [0.29, 0.717) is 17.7 Å². The lowest BCUT2D eigenvalue weighted by Gasteiger charge is -2.08. The molecule has 0 saturated heterocycles. The molecule has 5 nitrogen and oxygen atoms in total. The van der Waals surface area contributed by atoms with Gasteiger partial charge in [0.2, 0.25) is 0 Å². The predicted molar refractivity (Wildman–Crippen MR) is 81.6 cm³/mol. The van der Waals surface area contributed by atoms with Crippen molar-refractivity contribution in [2.45, 2.75) is 20.4 Å². The molecular formula is C16H18N4O. The van der Waals surface area contributed by atoms with Crippen LogP contribution in [0.1, 0.15) is 32.7 Å². The number of carbonyl (C=O) groups excluding carboxylic acids is 1. The van der Waals surface area contributed by atoms with Gasteiger partial charge >= 0.3 is 0 Å². The van der Waals surface area contributed by atoms with E-state index in [1.807, 2.05) is 32.0 Å². The number of amides is 1. The molecule has 1 heterocycles. The zero-order valence-electron chi connectivity index (χ0n) is 12.2. The Labute approximate surface area is 123 Å². The maximum absolute atomic E-state index is 12.3. The van der Waals surface area contributed by atoms with Crippen LogP contribution in [-0.4, -0.2) is 22.6 Å². The lowest BCUT2D eigenvalue weighted by molar-refractivity contribution is 0.0950. The van der Waals surface area contributed by atoms with Gasteiger partial charge in [0.25, 0.3) is 5.91 Å². The van der Waals surface area contributed by atoms with Crippen LogP contribution in [0.5, 0.6) is 0 Å². The highest BCUT2D eigenvalue weighted by atomic mass is 16.1. The first-order valence-corrected chi connectivity index (χ1v) is 6.68. The number of hydrogen-bond donors (Lipinski definition) is 3. The van der Waals surface area contributed by atoms with Gasteiger partial charge in [-0.05, 0) is 26.0 Å². The van der Waals surface area contributed by atoms with Crippen LogP contribution in [0, 0.1) is 25.7 Å². The summed E-state index contributed by atoms with van der Waals surface area (Å²) in [6.45, 7) is 4.55. The Kier molecular flexibility index (Phi) is 4.75. The van der Waals surface area contributed by atoms with Gasteiger partial charge in [-0.2, -0.15) is 5.10 Å². The fourth-order valence-electron chi connectivity index (χ4n) is 1.93. The first-order chi connectivity index (χ1) is 10.1. The Morgan fingerprint density at radius 2 is 2.24 bits per heavy atom. The smallest absolute Gasteiger partial charge is 0.252 e. The number of aromatic nitrogens is 2. The summed E-state index contributed by atoms with van der Waals surface area (Å²) in [5, 5.41) is 9.66. The third-order valence-corrected chi connectivity index (χ3v) is 3.12. The highest BCUT2D eigenvalue weighted by molar-refractivity contribution is 5.96. The molecule has 0 saturated carbocycles. The maximum atomic E-state index is 12.3. The number of H-pyrrole nitrogens is 1. The number of rotatable bonds is 3. The van der Waals surface area contributed by atoms with Crippen molar-refractivity contribution in [1.29, 1.82) is 0 Å². The number of hydrogen-bond acceptors (Lipinski definition) is 3. The van der Waals surface area contributed by atoms with Crippen molar-refractivity contribution in [2.24, 2.45) is 5.73 Å². The summed E-state index contributed by atoms with van der Waals surface area (Å²) in [4.78, 5) is 12.3. The van der Waals surface area contributed by atoms with Gasteiger partial charge in [-0.25, -0.2) is 0 Å². The molecule has 0 atom stereocenters. The minimum Gasteiger partial charge on any atom is -0.348 e. The molecule has 2 aromatic rings. The van der Waals surface area contributed by atoms with E-state index in [0.717, 1.165) is 16.8 Å². The fraction of sp³-hybridized carbons (Fsp3) is 0.250. The molecule has 0 bridgehead atoms. The quantitative estimate of drug-likeness (QED) is 0.741. The Bertz CT molecular complexity index is 707. The van der Waals surface area contributed by atoms with Crippen molar-refractivity contribution < 1.29 is 4.79 Å². The Morgan fingerprint density at radius 1 is 1.43 bits per heavy atom. The van der Waals surface area contributed by atoms with E-state index in [4.69, 9.17) is 5.73 Å². The molecule has 1 aromatic heterocycles. The van der Waals surface area contributed by atoms with Gasteiger partial charge < -0.3 is 11.1 Å². The van der Waals surface area contributed by atoms with Crippen LogP contribution in [0.25, 0.3) is 0 Å². The number of aromatic amines is 1. The monoisotopic (exact) mass is 282 g/mol. The predicted octanol–water partition coefficient (Wildman–Crippen LogP) is 1.27. The second-order valence-electron chi connectivity index (χ2n) is 4.76. The number of benzene rings is 1. The highest BCUT2D eigenvalue weighted by Crippen LogP contribution is 2.11. The highest BCUT2D eigenvalue weighted by Gasteiger charge is 2.11. The van der Waals surface area contributed by atoms with Crippen molar-refractivity contribution in [3.8, 4) is 11.8 Å². The molecule has 21 heavy (non-hydrogen) atoms. The molecule has 0 spiro atoms. The number of nitrogens with two attached hydrogens (primary N) is 1. The number of carbonyl (C=O) groups is 1. The lowest BCUT2D eigenvalue weighted by Crippen LogP contribution is -2.24. The molecule has 1 amide bonds. The molecule has 1 aromatic carbocycles. The largest absolute Gasteiger partial charge is 0.348 e. The third-order valence-electron chi connectivity index (χ3n) is 3.12. The summed E-state index contributed by atoms with van der Waals surface area (Å²) >= 11 is 0.